The van der Waals surface area contributed by atoms with Gasteiger partial charge in [-0.05, 0) is 131 Å². The minimum atomic E-state index is -0.873. The molecule has 0 saturated heterocycles. The number of fused-ring (bicyclic) bond motifs is 2. The van der Waals surface area contributed by atoms with Gasteiger partial charge in [-0.1, -0.05) is 56.5 Å². The number of ether oxygens (including phenoxy) is 1. The van der Waals surface area contributed by atoms with Gasteiger partial charge in [0.25, 0.3) is 23.6 Å². The molecule has 4 aromatic carbocycles. The van der Waals surface area contributed by atoms with Crippen molar-refractivity contribution >= 4 is 54.0 Å². The van der Waals surface area contributed by atoms with Crippen molar-refractivity contribution < 1.29 is 53.6 Å². The molecule has 75 heavy (non-hydrogen) atoms. The van der Waals surface area contributed by atoms with Crippen LogP contribution < -0.4 is 47.5 Å². The molecule has 5 amide bonds. The highest BCUT2D eigenvalue weighted by Gasteiger charge is 2.40. The molecule has 0 fully saturated rings. The number of carbonyl (C=O) groups is 6. The molecule has 0 spiro atoms. The predicted octanol–water partition coefficient (Wildman–Crippen LogP) is 3.93. The number of nitrogens with two attached hydrogens (primary N) is 2. The molecule has 1 aliphatic heterocycles. The fourth-order valence-corrected chi connectivity index (χ4v) is 8.44. The van der Waals surface area contributed by atoms with Crippen LogP contribution in [0, 0.1) is 12.8 Å². The number of phenols is 1. The highest BCUT2D eigenvalue weighted by Crippen LogP contribution is 2.49. The zero-order valence-electron chi connectivity index (χ0n) is 43.5. The minimum Gasteiger partial charge on any atom is -0.507 e. The Balaban J connectivity index is 0.000000484. The molecule has 12 N–H and O–H groups in total. The maximum Gasteiger partial charge on any atom is 0.360 e. The van der Waals surface area contributed by atoms with Gasteiger partial charge in [0, 0.05) is 90.9 Å². The van der Waals surface area contributed by atoms with E-state index in [-0.39, 0.29) is 64.3 Å². The number of amides is 5. The second-order valence-electron chi connectivity index (χ2n) is 17.7. The van der Waals surface area contributed by atoms with Crippen LogP contribution in [0.15, 0.2) is 102 Å². The Morgan fingerprint density at radius 1 is 0.813 bits per heavy atom. The molecule has 19 nitrogen and oxygen atoms in total. The smallest absolute Gasteiger partial charge is 0.360 e. The van der Waals surface area contributed by atoms with E-state index in [0.29, 0.717) is 63.1 Å². The lowest BCUT2D eigenvalue weighted by Gasteiger charge is -2.37. The standard InChI is InChI=1S/C43H51N5O6.C11H15N3O4.CH5NS/c1-6-12-31-25-37-34(23-27(31)3)40(35-24-28(4)36(44-7-2)26-38(35)54-37)32-13-8-9-14-33(32)43(52)48(5)22-10-15-39(49)45-20-11-21-46-41(50)29-16-18-30(19-17-29)42(51)47-53;12-4-1-5-14-10(16)7-2-3-8(9(15)6-7)11(17)18-13;1-2-3/h8-9,13-14,16-19,23-26,35,40,53H,6-7,10-12,15,20-22H2,1-5H3,(H,45,49)(H,46,50)(H,47,51);2-3,6,15H,1,4-5,12-13H2,(H,14,16);2-3H,1H3/p+1. The molecule has 402 valence electrons. The first kappa shape index (κ1) is 60.2. The summed E-state index contributed by atoms with van der Waals surface area (Å²) < 4.78 is 9.09. The van der Waals surface area contributed by atoms with Crippen molar-refractivity contribution in [2.24, 2.45) is 17.5 Å². The summed E-state index contributed by atoms with van der Waals surface area (Å²) in [5, 5.41) is 26.6. The van der Waals surface area contributed by atoms with Crippen LogP contribution in [0.25, 0.3) is 0 Å². The molecule has 2 aliphatic rings. The van der Waals surface area contributed by atoms with Crippen LogP contribution in [-0.2, 0) is 16.1 Å². The van der Waals surface area contributed by atoms with Gasteiger partial charge in [-0.25, -0.2) is 15.3 Å². The second-order valence-corrected chi connectivity index (χ2v) is 18.1. The average Bonchev–Trinajstić information content (AvgIpc) is 3.40. The van der Waals surface area contributed by atoms with Crippen molar-refractivity contribution in [3.05, 3.63) is 152 Å². The van der Waals surface area contributed by atoms with Gasteiger partial charge >= 0.3 is 5.97 Å². The van der Waals surface area contributed by atoms with Crippen LogP contribution in [0.1, 0.15) is 133 Å². The highest BCUT2D eigenvalue weighted by molar-refractivity contribution is 7.78. The number of thiol groups is 1. The van der Waals surface area contributed by atoms with Crippen molar-refractivity contribution in [3.8, 4) is 11.5 Å². The summed E-state index contributed by atoms with van der Waals surface area (Å²) in [7, 11) is 3.52. The van der Waals surface area contributed by atoms with Gasteiger partial charge in [0.05, 0.1) is 0 Å². The Labute approximate surface area is 444 Å². The summed E-state index contributed by atoms with van der Waals surface area (Å²) in [6, 6.07) is 22.0. The number of hydrogen-bond donors (Lipinski definition) is 11. The number of hydroxylamine groups is 1. The van der Waals surface area contributed by atoms with Gasteiger partial charge in [-0.3, -0.25) is 33.9 Å². The Morgan fingerprint density at radius 3 is 2.07 bits per heavy atom. The van der Waals surface area contributed by atoms with E-state index in [0.717, 1.165) is 53.3 Å². The van der Waals surface area contributed by atoms with E-state index in [9.17, 15) is 33.9 Å². The van der Waals surface area contributed by atoms with Crippen LogP contribution in [0.4, 0.5) is 0 Å². The number of nitrogens with one attached hydrogen (secondary N) is 6. The van der Waals surface area contributed by atoms with E-state index < -0.39 is 11.9 Å². The van der Waals surface area contributed by atoms with E-state index in [1.807, 2.05) is 18.2 Å². The van der Waals surface area contributed by atoms with Gasteiger partial charge in [-0.2, -0.15) is 5.90 Å². The third-order valence-electron chi connectivity index (χ3n) is 12.2. The normalized spacial score (nSPS) is 14.6. The van der Waals surface area contributed by atoms with Crippen LogP contribution in [0.3, 0.4) is 0 Å². The van der Waals surface area contributed by atoms with E-state index in [1.165, 1.54) is 53.6 Å². The van der Waals surface area contributed by atoms with E-state index >= 15 is 0 Å². The summed E-state index contributed by atoms with van der Waals surface area (Å²) >= 11 is 3.54. The lowest BCUT2D eigenvalue weighted by Crippen LogP contribution is -2.72. The third-order valence-corrected chi connectivity index (χ3v) is 12.2. The molecule has 0 aromatic heterocycles. The number of allylic oxidation sites excluding steroid dienone is 3. The molecule has 1 heterocycles. The van der Waals surface area contributed by atoms with Crippen LogP contribution >= 0.6 is 12.8 Å². The van der Waals surface area contributed by atoms with E-state index in [4.69, 9.17) is 21.6 Å². The fraction of sp³-hybridized carbons (Fsp3) is 0.364. The lowest BCUT2D eigenvalue weighted by atomic mass is 9.72. The molecule has 0 radical (unpaired) electrons. The largest absolute Gasteiger partial charge is 0.507 e. The van der Waals surface area contributed by atoms with Crippen molar-refractivity contribution in [1.29, 1.82) is 0 Å². The Hall–Kier alpha value is -7.36. The highest BCUT2D eigenvalue weighted by atomic mass is 32.1. The summed E-state index contributed by atoms with van der Waals surface area (Å²) in [6.45, 7) is 11.4. The Bertz CT molecular complexity index is 2730. The SMILES string of the molecule is CCCc1cc2c(cc1C)C(c1ccccc1C(=O)N(C)CCCC(=O)NCCCNC(=O)c1ccc(C(=O)NO)cc1)C1C=C(C)C(=[NH+]CC)C=C1O2.CNS.NCCCNC(=O)c1ccc(C(=O)ON)c(O)c1. The number of benzene rings is 4. The first-order valence-corrected chi connectivity index (χ1v) is 25.3. The predicted molar refractivity (Wildman–Crippen MR) is 290 cm³/mol. The second kappa shape index (κ2) is 30.7. The maximum atomic E-state index is 14.1. The first-order valence-electron chi connectivity index (χ1n) is 24.9. The van der Waals surface area contributed by atoms with Gasteiger partial charge in [0.2, 0.25) is 11.6 Å². The molecule has 0 bridgehead atoms. The monoisotopic (exact) mass is 1050 g/mol. The Morgan fingerprint density at radius 2 is 1.44 bits per heavy atom. The van der Waals surface area contributed by atoms with E-state index in [1.54, 1.807) is 24.5 Å². The van der Waals surface area contributed by atoms with Crippen molar-refractivity contribution in [3.63, 3.8) is 0 Å². The van der Waals surface area contributed by atoms with Gasteiger partial charge in [0.15, 0.2) is 0 Å². The number of carbonyl (C=O) groups excluding carboxylic acids is 6. The number of nitrogens with zero attached hydrogens (tertiary/aromatic N) is 1. The average molecular weight is 1050 g/mol. The molecular weight excluding hydrogens is 979 g/mol. The van der Waals surface area contributed by atoms with E-state index in [2.05, 4.69) is 101 Å². The number of phenolic OH excluding ortho intramolecular Hbond substituents is 1. The number of rotatable bonds is 20. The van der Waals surface area contributed by atoms with Gasteiger partial charge < -0.3 is 41.3 Å². The summed E-state index contributed by atoms with van der Waals surface area (Å²) in [6.07, 6.45) is 8.33. The quantitative estimate of drug-likeness (QED) is 0.0259. The maximum absolute atomic E-state index is 14.1. The lowest BCUT2D eigenvalue weighted by molar-refractivity contribution is -0.451. The summed E-state index contributed by atoms with van der Waals surface area (Å²) in [5.41, 5.74) is 14.9. The molecule has 0 saturated carbocycles. The molecular formula is C55H72N9O10S+. The number of aryl methyl sites for hydroxylation is 2. The fourth-order valence-electron chi connectivity index (χ4n) is 8.44. The van der Waals surface area contributed by atoms with Crippen molar-refractivity contribution in [2.75, 3.05) is 53.4 Å². The zero-order chi connectivity index (χ0) is 55.0. The number of aromatic hydroxyl groups is 1. The molecule has 6 rings (SSSR count). The molecule has 2 atom stereocenters. The third kappa shape index (κ3) is 17.1. The Kier molecular flexibility index (Phi) is 24.7. The molecule has 1 aliphatic carbocycles. The van der Waals surface area contributed by atoms with Crippen molar-refractivity contribution in [2.45, 2.75) is 72.1 Å². The topological polar surface area (TPSA) is 291 Å². The molecule has 4 aromatic rings. The van der Waals surface area contributed by atoms with Crippen LogP contribution in [-0.4, -0.2) is 110 Å². The van der Waals surface area contributed by atoms with Gasteiger partial charge in [0.1, 0.15) is 29.4 Å². The summed E-state index contributed by atoms with van der Waals surface area (Å²) in [4.78, 5) is 82.4. The van der Waals surface area contributed by atoms with Crippen LogP contribution in [0.5, 0.6) is 11.5 Å². The number of hydrogen-bond acceptors (Lipinski definition) is 14. The minimum absolute atomic E-state index is 0.0822. The van der Waals surface area contributed by atoms with Crippen LogP contribution in [0.2, 0.25) is 0 Å². The first-order chi connectivity index (χ1) is 36.1. The van der Waals surface area contributed by atoms with Gasteiger partial charge in [-0.15, -0.1) is 0 Å². The summed E-state index contributed by atoms with van der Waals surface area (Å²) in [5.74, 6) is 3.43. The molecule has 20 heteroatoms. The zero-order valence-corrected chi connectivity index (χ0v) is 44.4. The van der Waals surface area contributed by atoms with Crippen molar-refractivity contribution in [1.82, 2.24) is 31.1 Å². The molecule has 2 unspecified atom stereocenters.